The average molecular weight is 209 g/mol. The van der Waals surface area contributed by atoms with Crippen LogP contribution in [0, 0.1) is 0 Å². The Morgan fingerprint density at radius 1 is 1.07 bits per heavy atom. The van der Waals surface area contributed by atoms with Crippen molar-refractivity contribution in [2.45, 2.75) is 12.8 Å². The van der Waals surface area contributed by atoms with Gasteiger partial charge in [-0.15, -0.1) is 0 Å². The van der Waals surface area contributed by atoms with Gasteiger partial charge >= 0.3 is 0 Å². The summed E-state index contributed by atoms with van der Waals surface area (Å²) in [5, 5.41) is 3.07. The van der Waals surface area contributed by atoms with Crippen molar-refractivity contribution in [3.05, 3.63) is 24.3 Å². The van der Waals surface area contributed by atoms with Gasteiger partial charge in [0.15, 0.2) is 0 Å². The molecule has 0 aliphatic carbocycles. The molecule has 0 unspecified atom stereocenters. The Morgan fingerprint density at radius 3 is 2.33 bits per heavy atom. The molecule has 0 saturated heterocycles. The van der Waals surface area contributed by atoms with Crippen molar-refractivity contribution in [1.82, 2.24) is 0 Å². The summed E-state index contributed by atoms with van der Waals surface area (Å²) in [5.41, 5.74) is 1.10. The molecule has 1 N–H and O–H groups in total. The molecule has 84 valence electrons. The van der Waals surface area contributed by atoms with Crippen molar-refractivity contribution in [1.29, 1.82) is 0 Å². The molecule has 1 rings (SSSR count). The van der Waals surface area contributed by atoms with Gasteiger partial charge in [0, 0.05) is 26.5 Å². The highest BCUT2D eigenvalue weighted by Gasteiger charge is 1.94. The van der Waals surface area contributed by atoms with Gasteiger partial charge in [-0.2, -0.15) is 0 Å². The first-order chi connectivity index (χ1) is 7.36. The molecule has 1 aromatic rings. The zero-order valence-corrected chi connectivity index (χ0v) is 9.45. The molecule has 0 radical (unpaired) electrons. The Labute approximate surface area is 91.4 Å². The highest BCUT2D eigenvalue weighted by molar-refractivity contribution is 5.45. The van der Waals surface area contributed by atoms with Crippen LogP contribution >= 0.6 is 0 Å². The van der Waals surface area contributed by atoms with Gasteiger partial charge in [-0.25, -0.2) is 0 Å². The molecular formula is C12H19NO2. The Bertz CT molecular complexity index is 259. The van der Waals surface area contributed by atoms with Gasteiger partial charge in [-0.1, -0.05) is 0 Å². The summed E-state index contributed by atoms with van der Waals surface area (Å²) in [6.07, 6.45) is 2.08. The van der Waals surface area contributed by atoms with Gasteiger partial charge in [-0.3, -0.25) is 0 Å². The predicted octanol–water partition coefficient (Wildman–Crippen LogP) is 2.53. The summed E-state index contributed by atoms with van der Waals surface area (Å²) in [6, 6.07) is 7.96. The van der Waals surface area contributed by atoms with E-state index in [2.05, 4.69) is 5.32 Å². The Hall–Kier alpha value is -1.22. The largest absolute Gasteiger partial charge is 0.494 e. The fourth-order valence-corrected chi connectivity index (χ4v) is 1.26. The van der Waals surface area contributed by atoms with Gasteiger partial charge in [0.2, 0.25) is 0 Å². The maximum atomic E-state index is 5.57. The van der Waals surface area contributed by atoms with E-state index in [4.69, 9.17) is 9.47 Å². The molecule has 15 heavy (non-hydrogen) atoms. The van der Waals surface area contributed by atoms with E-state index in [-0.39, 0.29) is 0 Å². The maximum absolute atomic E-state index is 5.57. The first-order valence-corrected chi connectivity index (χ1v) is 5.26. The number of benzene rings is 1. The fourth-order valence-electron chi connectivity index (χ4n) is 1.26. The van der Waals surface area contributed by atoms with Crippen LogP contribution < -0.4 is 10.1 Å². The molecule has 0 heterocycles. The number of methoxy groups -OCH3 is 1. The minimum atomic E-state index is 0.752. The molecular weight excluding hydrogens is 190 g/mol. The molecule has 0 spiro atoms. The first-order valence-electron chi connectivity index (χ1n) is 5.26. The second-order valence-corrected chi connectivity index (χ2v) is 3.32. The first kappa shape index (κ1) is 11.9. The third-order valence-electron chi connectivity index (χ3n) is 2.15. The number of hydrogen-bond acceptors (Lipinski definition) is 3. The minimum absolute atomic E-state index is 0.752. The molecule has 3 nitrogen and oxygen atoms in total. The topological polar surface area (TPSA) is 30.5 Å². The molecule has 1 aromatic carbocycles. The van der Waals surface area contributed by atoms with Gasteiger partial charge < -0.3 is 14.8 Å². The smallest absolute Gasteiger partial charge is 0.119 e. The lowest BCUT2D eigenvalue weighted by atomic mass is 10.3. The predicted molar refractivity (Wildman–Crippen MR) is 62.6 cm³/mol. The second-order valence-electron chi connectivity index (χ2n) is 3.32. The normalized spacial score (nSPS) is 10.0. The summed E-state index contributed by atoms with van der Waals surface area (Å²) in [6.45, 7) is 1.56. The molecule has 0 aliphatic rings. The van der Waals surface area contributed by atoms with Crippen molar-refractivity contribution in [2.75, 3.05) is 32.7 Å². The van der Waals surface area contributed by atoms with Crippen molar-refractivity contribution in [3.63, 3.8) is 0 Å². The lowest BCUT2D eigenvalue weighted by Gasteiger charge is -2.06. The Kier molecular flexibility index (Phi) is 5.63. The molecule has 0 atom stereocenters. The standard InChI is InChI=1S/C12H19NO2/c1-13-11-5-7-12(8-6-11)15-10-4-3-9-14-2/h5-8,13H,3-4,9-10H2,1-2H3. The lowest BCUT2D eigenvalue weighted by molar-refractivity contribution is 0.184. The average Bonchev–Trinajstić information content (AvgIpc) is 2.30. The molecule has 0 amide bonds. The number of hydrogen-bond donors (Lipinski definition) is 1. The summed E-state index contributed by atoms with van der Waals surface area (Å²) in [5.74, 6) is 0.923. The molecule has 0 saturated carbocycles. The van der Waals surface area contributed by atoms with Crippen LogP contribution in [0.1, 0.15) is 12.8 Å². The van der Waals surface area contributed by atoms with Gasteiger partial charge in [0.1, 0.15) is 5.75 Å². The van der Waals surface area contributed by atoms with Crippen LogP contribution in [0.15, 0.2) is 24.3 Å². The highest BCUT2D eigenvalue weighted by atomic mass is 16.5. The van der Waals surface area contributed by atoms with E-state index in [0.29, 0.717) is 0 Å². The second kappa shape index (κ2) is 7.12. The van der Waals surface area contributed by atoms with E-state index in [1.165, 1.54) is 0 Å². The Morgan fingerprint density at radius 2 is 1.73 bits per heavy atom. The molecule has 0 fully saturated rings. The van der Waals surface area contributed by atoms with Crippen molar-refractivity contribution < 1.29 is 9.47 Å². The van der Waals surface area contributed by atoms with Gasteiger partial charge in [-0.05, 0) is 37.1 Å². The van der Waals surface area contributed by atoms with Gasteiger partial charge in [0.05, 0.1) is 6.61 Å². The van der Waals surface area contributed by atoms with E-state index >= 15 is 0 Å². The third kappa shape index (κ3) is 4.70. The van der Waals surface area contributed by atoms with Crippen LogP contribution in [-0.2, 0) is 4.74 Å². The van der Waals surface area contributed by atoms with Crippen molar-refractivity contribution >= 4 is 5.69 Å². The van der Waals surface area contributed by atoms with Crippen LogP contribution in [0.2, 0.25) is 0 Å². The van der Waals surface area contributed by atoms with Crippen molar-refractivity contribution in [3.8, 4) is 5.75 Å². The molecule has 0 bridgehead atoms. The SMILES string of the molecule is CNc1ccc(OCCCCOC)cc1. The van der Waals surface area contributed by atoms with Crippen LogP contribution in [0.4, 0.5) is 5.69 Å². The van der Waals surface area contributed by atoms with E-state index in [1.54, 1.807) is 7.11 Å². The van der Waals surface area contributed by atoms with Crippen LogP contribution in [0.5, 0.6) is 5.75 Å². The van der Waals surface area contributed by atoms with Crippen LogP contribution in [0.3, 0.4) is 0 Å². The molecule has 0 aliphatic heterocycles. The van der Waals surface area contributed by atoms with E-state index in [0.717, 1.165) is 37.5 Å². The maximum Gasteiger partial charge on any atom is 0.119 e. The zero-order valence-electron chi connectivity index (χ0n) is 9.45. The highest BCUT2D eigenvalue weighted by Crippen LogP contribution is 2.15. The van der Waals surface area contributed by atoms with E-state index in [1.807, 2.05) is 31.3 Å². The number of unbranched alkanes of at least 4 members (excludes halogenated alkanes) is 1. The van der Waals surface area contributed by atoms with E-state index in [9.17, 15) is 0 Å². The minimum Gasteiger partial charge on any atom is -0.494 e. The summed E-state index contributed by atoms with van der Waals surface area (Å²) >= 11 is 0. The van der Waals surface area contributed by atoms with Crippen LogP contribution in [-0.4, -0.2) is 27.4 Å². The summed E-state index contributed by atoms with van der Waals surface area (Å²) < 4.78 is 10.5. The monoisotopic (exact) mass is 209 g/mol. The van der Waals surface area contributed by atoms with Crippen LogP contribution in [0.25, 0.3) is 0 Å². The Balaban J connectivity index is 2.20. The zero-order chi connectivity index (χ0) is 10.9. The van der Waals surface area contributed by atoms with E-state index < -0.39 is 0 Å². The number of anilines is 1. The molecule has 3 heteroatoms. The quantitative estimate of drug-likeness (QED) is 0.700. The number of rotatable bonds is 7. The van der Waals surface area contributed by atoms with Crippen molar-refractivity contribution in [2.24, 2.45) is 0 Å². The summed E-state index contributed by atoms with van der Waals surface area (Å²) in [4.78, 5) is 0. The fraction of sp³-hybridized carbons (Fsp3) is 0.500. The molecule has 0 aromatic heterocycles. The summed E-state index contributed by atoms with van der Waals surface area (Å²) in [7, 11) is 3.62. The number of nitrogens with one attached hydrogen (secondary N) is 1. The lowest BCUT2D eigenvalue weighted by Crippen LogP contribution is -1.99. The number of ether oxygens (including phenoxy) is 2. The van der Waals surface area contributed by atoms with Gasteiger partial charge in [0.25, 0.3) is 0 Å². The third-order valence-corrected chi connectivity index (χ3v) is 2.15.